The van der Waals surface area contributed by atoms with Crippen molar-refractivity contribution in [2.45, 2.75) is 255 Å². The Labute approximate surface area is 578 Å². The number of rotatable bonds is 32. The summed E-state index contributed by atoms with van der Waals surface area (Å²) < 4.78 is 69.4. The van der Waals surface area contributed by atoms with Crippen molar-refractivity contribution in [1.29, 1.82) is 0 Å². The van der Waals surface area contributed by atoms with Gasteiger partial charge < -0.3 is 197 Å². The molecule has 6 heterocycles. The topological polar surface area (TPSA) is 733 Å². The van der Waals surface area contributed by atoms with Gasteiger partial charge in [0.2, 0.25) is 35.4 Å². The third-order valence-electron chi connectivity index (χ3n) is 17.5. The summed E-state index contributed by atoms with van der Waals surface area (Å²) in [7, 11) is 0. The molecule has 0 aliphatic carbocycles. The first-order valence-electron chi connectivity index (χ1n) is 32.0. The van der Waals surface area contributed by atoms with Gasteiger partial charge in [-0.25, -0.2) is 4.79 Å². The van der Waals surface area contributed by atoms with Crippen LogP contribution in [-0.2, 0) is 90.4 Å². The van der Waals surface area contributed by atoms with Crippen LogP contribution >= 0.6 is 0 Å². The van der Waals surface area contributed by atoms with Crippen LogP contribution in [0.3, 0.4) is 0 Å². The molecule has 102 heavy (non-hydrogen) atoms. The summed E-state index contributed by atoms with van der Waals surface area (Å²) >= 11 is 0. The van der Waals surface area contributed by atoms with Crippen molar-refractivity contribution in [2.75, 3.05) is 52.9 Å². The Bertz CT molecular complexity index is 2720. The Kier molecular flexibility index (Phi) is 32.4. The minimum absolute atomic E-state index is 0.924. The average Bonchev–Trinajstić information content (AvgIpc) is 0.788. The van der Waals surface area contributed by atoms with Crippen LogP contribution < -0.4 is 37.6 Å². The number of ether oxygens (including phenoxy) is 12. The van der Waals surface area contributed by atoms with Gasteiger partial charge in [-0.2, -0.15) is 0 Å². The van der Waals surface area contributed by atoms with Crippen molar-refractivity contribution >= 4 is 41.4 Å². The predicted octanol–water partition coefficient (Wildman–Crippen LogP) is -18.0. The zero-order chi connectivity index (χ0) is 76.2. The van der Waals surface area contributed by atoms with Crippen LogP contribution in [0.5, 0.6) is 0 Å². The zero-order valence-corrected chi connectivity index (χ0v) is 55.2. The summed E-state index contributed by atoms with van der Waals surface area (Å²) in [5.41, 5.74) is 5.82. The third-order valence-corrected chi connectivity index (χ3v) is 17.5. The first-order valence-corrected chi connectivity index (χ1v) is 32.0. The summed E-state index contributed by atoms with van der Waals surface area (Å²) in [5.74, 6) is -9.38. The van der Waals surface area contributed by atoms with Gasteiger partial charge in [0, 0.05) is 20.8 Å². The molecule has 6 aliphatic heterocycles. The standard InChI is InChI=1S/C56H95N7O39/c1-14(92-52-30(59-17(4)72)45(36(78)25(11-69)95-52)101-55-42(84)39(81)33(75)22(8-66)98-55)27(49(88)63-28(50(89)90)15(2)93-53-31(60-18(5)73)46(37(79)26(12-70)96-53)102-56-43(85)40(82)34(76)23(9-67)99-56)62-48(87)20(61-47(86)19(57)6-64)13-91-51-29(58-16(3)71)44(35(77)24(10-68)94-51)100-54-41(83)38(80)32(74)21(7-65)97-54/h14-15,19-46,51-56,64-70,74-85H,6-13,57H2,1-5H3,(H,58,71)(H,59,72)(H,60,73)(H,61,86)(H,62,87)(H,63,88)(H,89,90)/t14-,15-,19-,20-,21+,22+,23+,24+,25+,26+,27-,28-,29+,30+,31+,32-,33-,34-,35-,36-,37-,38-,39-,40-,41+,42+,43+,44+,45+,46+,51-,52-,53-,54-,55-,56-/m0/s1. The molecule has 6 saturated heterocycles. The number of carbonyl (C=O) groups is 7. The van der Waals surface area contributed by atoms with E-state index in [1.807, 2.05) is 0 Å². The van der Waals surface area contributed by atoms with Crippen molar-refractivity contribution in [2.24, 2.45) is 5.73 Å². The molecule has 588 valence electrons. The van der Waals surface area contributed by atoms with Gasteiger partial charge in [-0.3, -0.25) is 28.8 Å². The van der Waals surface area contributed by atoms with E-state index in [1.54, 1.807) is 0 Å². The molecule has 6 rings (SSSR count). The van der Waals surface area contributed by atoms with Crippen LogP contribution in [0.4, 0.5) is 0 Å². The fourth-order valence-electron chi connectivity index (χ4n) is 11.8. The van der Waals surface area contributed by atoms with E-state index in [1.165, 1.54) is 0 Å². The number of aliphatic hydroxyl groups is 19. The second kappa shape index (κ2) is 38.5. The molecule has 0 unspecified atom stereocenters. The molecule has 6 amide bonds. The maximum atomic E-state index is 15.2. The number of amides is 6. The van der Waals surface area contributed by atoms with Gasteiger partial charge >= 0.3 is 5.97 Å². The molecule has 0 aromatic carbocycles. The largest absolute Gasteiger partial charge is 0.480 e. The average molecular weight is 1490 g/mol. The van der Waals surface area contributed by atoms with Gasteiger partial charge in [0.05, 0.1) is 65.1 Å². The van der Waals surface area contributed by atoms with Crippen LogP contribution in [0.1, 0.15) is 34.6 Å². The molecule has 46 nitrogen and oxygen atoms in total. The fourth-order valence-corrected chi connectivity index (χ4v) is 11.8. The van der Waals surface area contributed by atoms with Crippen LogP contribution in [0.15, 0.2) is 0 Å². The lowest BCUT2D eigenvalue weighted by molar-refractivity contribution is -0.347. The summed E-state index contributed by atoms with van der Waals surface area (Å²) in [6, 6.07) is -14.6. The van der Waals surface area contributed by atoms with Crippen LogP contribution in [0.25, 0.3) is 0 Å². The Morgan fingerprint density at radius 2 is 0.676 bits per heavy atom. The summed E-state index contributed by atoms with van der Waals surface area (Å²) in [5, 5.41) is 225. The normalized spacial score (nSPS) is 40.6. The molecule has 28 N–H and O–H groups in total. The molecule has 6 fully saturated rings. The van der Waals surface area contributed by atoms with E-state index in [9.17, 15) is 126 Å². The molecular weight excluding hydrogens is 1390 g/mol. The molecule has 46 heteroatoms. The van der Waals surface area contributed by atoms with E-state index in [2.05, 4.69) is 31.9 Å². The number of carboxylic acid groups (broad SMARTS) is 1. The first kappa shape index (κ1) is 85.9. The highest BCUT2D eigenvalue weighted by Gasteiger charge is 2.57. The molecule has 6 aliphatic rings. The van der Waals surface area contributed by atoms with E-state index in [0.29, 0.717) is 0 Å². The lowest BCUT2D eigenvalue weighted by atomic mass is 9.95. The van der Waals surface area contributed by atoms with Crippen molar-refractivity contribution in [3.05, 3.63) is 0 Å². The van der Waals surface area contributed by atoms with E-state index in [4.69, 9.17) is 62.6 Å². The van der Waals surface area contributed by atoms with Gasteiger partial charge in [0.1, 0.15) is 164 Å². The number of nitrogens with one attached hydrogen (secondary N) is 6. The summed E-state index contributed by atoms with van der Waals surface area (Å²) in [4.78, 5) is 96.0. The van der Waals surface area contributed by atoms with Gasteiger partial charge in [-0.15, -0.1) is 0 Å². The molecule has 0 radical (unpaired) electrons. The van der Waals surface area contributed by atoms with Crippen molar-refractivity contribution in [3.63, 3.8) is 0 Å². The van der Waals surface area contributed by atoms with Crippen molar-refractivity contribution in [1.82, 2.24) is 31.9 Å². The number of hydrogen-bond donors (Lipinski definition) is 27. The number of carboxylic acids is 1. The molecule has 0 spiro atoms. The lowest BCUT2D eigenvalue weighted by Crippen LogP contribution is -2.69. The van der Waals surface area contributed by atoms with Crippen LogP contribution in [0, 0.1) is 0 Å². The predicted molar refractivity (Wildman–Crippen MR) is 320 cm³/mol. The summed E-state index contributed by atoms with van der Waals surface area (Å²) in [6.07, 6.45) is -57.2. The molecule has 0 saturated carbocycles. The minimum Gasteiger partial charge on any atom is -0.480 e. The Morgan fingerprint density at radius 1 is 0.382 bits per heavy atom. The van der Waals surface area contributed by atoms with Crippen molar-refractivity contribution in [3.8, 4) is 0 Å². The fraction of sp³-hybridized carbons (Fsp3) is 0.875. The van der Waals surface area contributed by atoms with Gasteiger partial charge in [-0.1, -0.05) is 0 Å². The number of hydrogen-bond acceptors (Lipinski definition) is 39. The number of carbonyl (C=O) groups excluding carboxylic acids is 6. The highest BCUT2D eigenvalue weighted by Crippen LogP contribution is 2.35. The minimum atomic E-state index is -2.45. The van der Waals surface area contributed by atoms with E-state index in [0.717, 1.165) is 34.6 Å². The quantitative estimate of drug-likeness (QED) is 0.0297. The monoisotopic (exact) mass is 1490 g/mol. The van der Waals surface area contributed by atoms with Crippen LogP contribution in [0.2, 0.25) is 0 Å². The highest BCUT2D eigenvalue weighted by atomic mass is 16.8. The SMILES string of the molecule is CC(=O)N[C@H]1[C@@H](OC[C@H](NC(=O)[C@@H](N)CO)C(=O)N[C@H](C(=O)N[C@H](C(=O)O)[C@H](C)O[C@H]2O[C@H](CO)[C@H](O)[C@H](O[C@@H]3O[C@H](CO)[C@H](O)[C@H](O)[C@H]3O)[C@H]2NC(C)=O)[C@H](C)O[C@H]2O[C@H](CO)[C@H](O)[C@H](O[C@@H]3O[C@H](CO)[C@H](O)[C@H](O)[C@H]3O)[C@H]2NC(C)=O)O[C@H](CO)[C@H](O)[C@@H]1O[C@@H]1O[C@H](CO)[C@H](O)[C@H](O)[C@H]1O. The Balaban J connectivity index is 1.40. The first-order chi connectivity index (χ1) is 48.0. The Hall–Kier alpha value is -4.99. The van der Waals surface area contributed by atoms with Crippen molar-refractivity contribution < 1.29 is 193 Å². The van der Waals surface area contributed by atoms with E-state index < -0.39 is 315 Å². The molecule has 36 atom stereocenters. The maximum Gasteiger partial charge on any atom is 0.328 e. The van der Waals surface area contributed by atoms with Gasteiger partial charge in [0.25, 0.3) is 0 Å². The van der Waals surface area contributed by atoms with Crippen LogP contribution in [-0.4, -0.2) is 417 Å². The highest BCUT2D eigenvalue weighted by molar-refractivity contribution is 5.94. The molecule has 0 bridgehead atoms. The van der Waals surface area contributed by atoms with E-state index in [-0.39, 0.29) is 0 Å². The maximum absolute atomic E-state index is 15.2. The number of aliphatic hydroxyl groups excluding tert-OH is 19. The summed E-state index contributed by atoms with van der Waals surface area (Å²) in [6.45, 7) is -3.81. The number of aliphatic carboxylic acids is 1. The van der Waals surface area contributed by atoms with Gasteiger partial charge in [0.15, 0.2) is 43.8 Å². The second-order valence-electron chi connectivity index (χ2n) is 24.9. The van der Waals surface area contributed by atoms with E-state index >= 15 is 9.59 Å². The third kappa shape index (κ3) is 20.6. The molecular formula is C56H95N7O39. The van der Waals surface area contributed by atoms with Gasteiger partial charge in [-0.05, 0) is 13.8 Å². The molecule has 0 aromatic rings. The smallest absolute Gasteiger partial charge is 0.328 e. The second-order valence-corrected chi connectivity index (χ2v) is 24.9. The zero-order valence-electron chi connectivity index (χ0n) is 55.2. The lowest BCUT2D eigenvalue weighted by Gasteiger charge is -2.48. The Morgan fingerprint density at radius 3 is 0.990 bits per heavy atom. The molecule has 0 aromatic heterocycles. The number of nitrogens with two attached hydrogens (primary N) is 1.